The van der Waals surface area contributed by atoms with Crippen molar-refractivity contribution in [3.8, 4) is 0 Å². The van der Waals surface area contributed by atoms with Crippen molar-refractivity contribution in [1.29, 1.82) is 0 Å². The van der Waals surface area contributed by atoms with E-state index in [1.165, 1.54) is 17.0 Å². The van der Waals surface area contributed by atoms with E-state index < -0.39 is 39.9 Å². The Morgan fingerprint density at radius 2 is 1.79 bits per heavy atom. The second-order valence-corrected chi connectivity index (χ2v) is 9.19. The van der Waals surface area contributed by atoms with Crippen LogP contribution in [0.1, 0.15) is 39.7 Å². The molecule has 2 atom stereocenters. The Bertz CT molecular complexity index is 812. The number of rotatable bonds is 5. The van der Waals surface area contributed by atoms with Crippen LogP contribution in [0.2, 0.25) is 0 Å². The summed E-state index contributed by atoms with van der Waals surface area (Å²) in [5.74, 6) is -0.618. The average molecular weight is 413 g/mol. The molecule has 0 saturated carbocycles. The topological polar surface area (TPSA) is 99.2 Å². The van der Waals surface area contributed by atoms with Gasteiger partial charge in [0.1, 0.15) is 11.6 Å². The standard InChI is InChI=1S/C19H27NO7S/c1-6-25-17(21)16-11-14(12-20(16)18(22)26-19(3,4)5)27-28(23,24)15-9-7-13(2)8-10-15/h7-10,14,16H,6,11-12H2,1-5H3/t14-,16+/m0/s1. The fourth-order valence-electron chi connectivity index (χ4n) is 2.79. The summed E-state index contributed by atoms with van der Waals surface area (Å²) >= 11 is 0. The minimum Gasteiger partial charge on any atom is -0.464 e. The number of hydrogen-bond acceptors (Lipinski definition) is 7. The van der Waals surface area contributed by atoms with Gasteiger partial charge in [-0.25, -0.2) is 9.59 Å². The number of likely N-dealkylation sites (tertiary alicyclic amines) is 1. The molecule has 1 aromatic rings. The number of hydrogen-bond donors (Lipinski definition) is 0. The summed E-state index contributed by atoms with van der Waals surface area (Å²) < 4.78 is 40.7. The molecule has 0 aliphatic carbocycles. The molecule has 1 fully saturated rings. The van der Waals surface area contributed by atoms with E-state index in [0.29, 0.717) is 0 Å². The molecule has 1 amide bonds. The molecule has 1 heterocycles. The van der Waals surface area contributed by atoms with Gasteiger partial charge in [0.2, 0.25) is 0 Å². The third-order valence-electron chi connectivity index (χ3n) is 4.02. The van der Waals surface area contributed by atoms with Crippen molar-refractivity contribution in [2.45, 2.75) is 63.7 Å². The summed E-state index contributed by atoms with van der Waals surface area (Å²) in [5.41, 5.74) is 0.154. The highest BCUT2D eigenvalue weighted by atomic mass is 32.2. The van der Waals surface area contributed by atoms with Crippen LogP contribution in [0, 0.1) is 6.92 Å². The van der Waals surface area contributed by atoms with E-state index in [4.69, 9.17) is 13.7 Å². The first kappa shape index (κ1) is 22.2. The first-order valence-corrected chi connectivity index (χ1v) is 10.5. The summed E-state index contributed by atoms with van der Waals surface area (Å²) in [7, 11) is -4.04. The zero-order valence-electron chi connectivity index (χ0n) is 16.8. The van der Waals surface area contributed by atoms with Gasteiger partial charge in [0.05, 0.1) is 24.2 Å². The maximum absolute atomic E-state index is 12.5. The maximum atomic E-state index is 12.5. The highest BCUT2D eigenvalue weighted by Crippen LogP contribution is 2.27. The quantitative estimate of drug-likeness (QED) is 0.540. The first-order valence-electron chi connectivity index (χ1n) is 9.09. The van der Waals surface area contributed by atoms with Crippen molar-refractivity contribution in [3.05, 3.63) is 29.8 Å². The number of aryl methyl sites for hydroxylation is 1. The summed E-state index contributed by atoms with van der Waals surface area (Å²) in [6, 6.07) is 5.27. The Hall–Kier alpha value is -2.13. The van der Waals surface area contributed by atoms with Gasteiger partial charge in [-0.15, -0.1) is 0 Å². The predicted octanol–water partition coefficient (Wildman–Crippen LogP) is 2.64. The Kier molecular flexibility index (Phi) is 6.71. The Labute approximate surface area is 165 Å². The highest BCUT2D eigenvalue weighted by Gasteiger charge is 2.44. The lowest BCUT2D eigenvalue weighted by Gasteiger charge is -2.27. The van der Waals surface area contributed by atoms with Crippen LogP contribution in [-0.2, 0) is 28.6 Å². The molecule has 0 radical (unpaired) electrons. The van der Waals surface area contributed by atoms with Crippen molar-refractivity contribution in [1.82, 2.24) is 4.90 Å². The van der Waals surface area contributed by atoms with Gasteiger partial charge in [0.25, 0.3) is 10.1 Å². The van der Waals surface area contributed by atoms with Crippen LogP contribution >= 0.6 is 0 Å². The fourth-order valence-corrected chi connectivity index (χ4v) is 3.87. The molecule has 0 unspecified atom stereocenters. The lowest BCUT2D eigenvalue weighted by atomic mass is 10.2. The average Bonchev–Trinajstić information content (AvgIpc) is 2.97. The first-order chi connectivity index (χ1) is 12.9. The fraction of sp³-hybridized carbons (Fsp3) is 0.579. The third kappa shape index (κ3) is 5.68. The maximum Gasteiger partial charge on any atom is 0.411 e. The number of carbonyl (C=O) groups is 2. The molecule has 1 saturated heterocycles. The molecule has 156 valence electrons. The molecular weight excluding hydrogens is 386 g/mol. The van der Waals surface area contributed by atoms with Crippen molar-refractivity contribution < 1.29 is 31.7 Å². The van der Waals surface area contributed by atoms with Crippen molar-refractivity contribution >= 4 is 22.2 Å². The van der Waals surface area contributed by atoms with E-state index in [-0.39, 0.29) is 24.5 Å². The lowest BCUT2D eigenvalue weighted by molar-refractivity contribution is -0.148. The predicted molar refractivity (Wildman–Crippen MR) is 101 cm³/mol. The van der Waals surface area contributed by atoms with Crippen LogP contribution in [0.4, 0.5) is 4.79 Å². The number of esters is 1. The van der Waals surface area contributed by atoms with Crippen LogP contribution in [0.25, 0.3) is 0 Å². The smallest absolute Gasteiger partial charge is 0.411 e. The van der Waals surface area contributed by atoms with Gasteiger partial charge in [0.15, 0.2) is 0 Å². The van der Waals surface area contributed by atoms with Crippen molar-refractivity contribution in [2.75, 3.05) is 13.2 Å². The summed E-state index contributed by atoms with van der Waals surface area (Å²) in [5, 5.41) is 0. The van der Waals surface area contributed by atoms with Gasteiger partial charge in [-0.2, -0.15) is 8.42 Å². The van der Waals surface area contributed by atoms with Crippen LogP contribution in [0.15, 0.2) is 29.2 Å². The zero-order valence-corrected chi connectivity index (χ0v) is 17.6. The molecule has 8 nitrogen and oxygen atoms in total. The summed E-state index contributed by atoms with van der Waals surface area (Å²) in [6.07, 6.45) is -1.60. The second-order valence-electron chi connectivity index (χ2n) is 7.62. The van der Waals surface area contributed by atoms with Gasteiger partial charge in [-0.3, -0.25) is 9.08 Å². The van der Waals surface area contributed by atoms with E-state index in [1.54, 1.807) is 39.8 Å². The molecular formula is C19H27NO7S. The highest BCUT2D eigenvalue weighted by molar-refractivity contribution is 7.86. The normalized spacial score (nSPS) is 20.1. The van der Waals surface area contributed by atoms with Crippen molar-refractivity contribution in [3.63, 3.8) is 0 Å². The minimum absolute atomic E-state index is 0.00314. The lowest BCUT2D eigenvalue weighted by Crippen LogP contribution is -2.44. The number of ether oxygens (including phenoxy) is 2. The van der Waals surface area contributed by atoms with E-state index in [0.717, 1.165) is 5.56 Å². The number of nitrogens with zero attached hydrogens (tertiary/aromatic N) is 1. The third-order valence-corrected chi connectivity index (χ3v) is 5.40. The summed E-state index contributed by atoms with van der Waals surface area (Å²) in [6.45, 7) is 8.66. The molecule has 1 aliphatic heterocycles. The van der Waals surface area contributed by atoms with Gasteiger partial charge in [-0.05, 0) is 46.8 Å². The number of amides is 1. The molecule has 1 aromatic carbocycles. The monoisotopic (exact) mass is 413 g/mol. The molecule has 0 aromatic heterocycles. The largest absolute Gasteiger partial charge is 0.464 e. The van der Waals surface area contributed by atoms with Crippen LogP contribution < -0.4 is 0 Å². The van der Waals surface area contributed by atoms with Gasteiger partial charge in [0, 0.05) is 6.42 Å². The van der Waals surface area contributed by atoms with Gasteiger partial charge in [-0.1, -0.05) is 17.7 Å². The molecule has 0 spiro atoms. The Morgan fingerprint density at radius 3 is 2.32 bits per heavy atom. The Balaban J connectivity index is 2.19. The molecule has 28 heavy (non-hydrogen) atoms. The van der Waals surface area contributed by atoms with Crippen LogP contribution in [0.5, 0.6) is 0 Å². The van der Waals surface area contributed by atoms with E-state index in [1.807, 2.05) is 6.92 Å². The van der Waals surface area contributed by atoms with E-state index in [2.05, 4.69) is 0 Å². The second kappa shape index (κ2) is 8.48. The van der Waals surface area contributed by atoms with E-state index in [9.17, 15) is 18.0 Å². The number of carbonyl (C=O) groups excluding carboxylic acids is 2. The van der Waals surface area contributed by atoms with Crippen molar-refractivity contribution in [2.24, 2.45) is 0 Å². The molecule has 0 N–H and O–H groups in total. The summed E-state index contributed by atoms with van der Waals surface area (Å²) in [4.78, 5) is 25.9. The molecule has 9 heteroatoms. The van der Waals surface area contributed by atoms with Crippen LogP contribution in [0.3, 0.4) is 0 Å². The zero-order chi connectivity index (χ0) is 21.1. The van der Waals surface area contributed by atoms with Crippen LogP contribution in [-0.4, -0.2) is 56.3 Å². The van der Waals surface area contributed by atoms with Gasteiger partial charge >= 0.3 is 12.1 Å². The molecule has 2 rings (SSSR count). The Morgan fingerprint density at radius 1 is 1.18 bits per heavy atom. The molecule has 0 bridgehead atoms. The van der Waals surface area contributed by atoms with Gasteiger partial charge < -0.3 is 9.47 Å². The minimum atomic E-state index is -4.04. The SMILES string of the molecule is CCOC(=O)[C@H]1C[C@H](OS(=O)(=O)c2ccc(C)cc2)CN1C(=O)OC(C)(C)C. The number of benzene rings is 1. The molecule has 1 aliphatic rings. The van der Waals surface area contributed by atoms with E-state index >= 15 is 0 Å².